The fraction of sp³-hybridized carbons (Fsp3) is 0.222. The second-order valence-corrected chi connectivity index (χ2v) is 2.84. The molecule has 1 amide bonds. The highest BCUT2D eigenvalue weighted by Crippen LogP contribution is 2.22. The summed E-state index contributed by atoms with van der Waals surface area (Å²) in [5, 5.41) is 9.39. The molecule has 0 saturated heterocycles. The molecule has 0 aliphatic rings. The summed E-state index contributed by atoms with van der Waals surface area (Å²) in [5.74, 6) is -0.618. The van der Waals surface area contributed by atoms with Crippen LogP contribution in [-0.4, -0.2) is 11.0 Å². The molecule has 0 aliphatic heterocycles. The van der Waals surface area contributed by atoms with E-state index in [-0.39, 0.29) is 11.3 Å². The van der Waals surface area contributed by atoms with Crippen LogP contribution in [0.2, 0.25) is 0 Å². The number of phenols is 1. The molecule has 0 aromatic heterocycles. The quantitative estimate of drug-likeness (QED) is 0.654. The van der Waals surface area contributed by atoms with Crippen LogP contribution in [0.5, 0.6) is 5.75 Å². The van der Waals surface area contributed by atoms with Gasteiger partial charge in [-0.25, -0.2) is 0 Å². The largest absolute Gasteiger partial charge is 0.507 e. The molecule has 12 heavy (non-hydrogen) atoms. The van der Waals surface area contributed by atoms with E-state index in [9.17, 15) is 9.90 Å². The zero-order chi connectivity index (χ0) is 9.30. The highest BCUT2D eigenvalue weighted by Gasteiger charge is 2.09. The number of aryl methyl sites for hydroxylation is 2. The van der Waals surface area contributed by atoms with Gasteiger partial charge < -0.3 is 10.8 Å². The minimum Gasteiger partial charge on any atom is -0.507 e. The normalized spacial score (nSPS) is 9.83. The minimum absolute atomic E-state index is 0.0203. The number of nitrogens with two attached hydrogens (primary N) is 1. The van der Waals surface area contributed by atoms with Crippen molar-refractivity contribution in [3.05, 3.63) is 28.8 Å². The molecule has 1 aromatic rings. The third-order valence-electron chi connectivity index (χ3n) is 1.71. The Morgan fingerprint density at radius 1 is 1.42 bits per heavy atom. The van der Waals surface area contributed by atoms with Gasteiger partial charge >= 0.3 is 0 Å². The lowest BCUT2D eigenvalue weighted by Crippen LogP contribution is -2.11. The minimum atomic E-state index is -0.598. The van der Waals surface area contributed by atoms with E-state index < -0.39 is 5.91 Å². The first-order chi connectivity index (χ1) is 5.52. The molecule has 0 saturated carbocycles. The number of hydrogen-bond acceptors (Lipinski definition) is 2. The molecular formula is C9H11NO2. The van der Waals surface area contributed by atoms with Gasteiger partial charge in [-0.15, -0.1) is 0 Å². The maximum absolute atomic E-state index is 10.8. The number of carbonyl (C=O) groups excluding carboxylic acids is 1. The van der Waals surface area contributed by atoms with Crippen molar-refractivity contribution in [3.8, 4) is 5.75 Å². The molecule has 0 fully saturated rings. The van der Waals surface area contributed by atoms with E-state index in [0.717, 1.165) is 5.56 Å². The van der Waals surface area contributed by atoms with Gasteiger partial charge in [-0.2, -0.15) is 0 Å². The smallest absolute Gasteiger partial charge is 0.252 e. The monoisotopic (exact) mass is 165 g/mol. The first kappa shape index (κ1) is 8.59. The zero-order valence-electron chi connectivity index (χ0n) is 7.09. The van der Waals surface area contributed by atoms with E-state index in [1.165, 1.54) is 0 Å². The van der Waals surface area contributed by atoms with Crippen molar-refractivity contribution in [2.45, 2.75) is 13.8 Å². The van der Waals surface area contributed by atoms with Gasteiger partial charge in [0.05, 0.1) is 5.56 Å². The molecule has 0 aliphatic carbocycles. The summed E-state index contributed by atoms with van der Waals surface area (Å²) in [5.41, 5.74) is 6.83. The number of aromatic hydroxyl groups is 1. The van der Waals surface area contributed by atoms with Crippen LogP contribution in [0.3, 0.4) is 0 Å². The van der Waals surface area contributed by atoms with Gasteiger partial charge in [0, 0.05) is 0 Å². The number of rotatable bonds is 1. The highest BCUT2D eigenvalue weighted by atomic mass is 16.3. The molecule has 0 spiro atoms. The number of benzene rings is 1. The molecule has 0 bridgehead atoms. The molecule has 1 rings (SSSR count). The van der Waals surface area contributed by atoms with Gasteiger partial charge in [-0.3, -0.25) is 4.79 Å². The zero-order valence-corrected chi connectivity index (χ0v) is 7.09. The van der Waals surface area contributed by atoms with Gasteiger partial charge in [0.15, 0.2) is 0 Å². The summed E-state index contributed by atoms with van der Waals surface area (Å²) >= 11 is 0. The van der Waals surface area contributed by atoms with Crippen molar-refractivity contribution < 1.29 is 9.90 Å². The van der Waals surface area contributed by atoms with Crippen LogP contribution in [0.4, 0.5) is 0 Å². The highest BCUT2D eigenvalue weighted by molar-refractivity contribution is 5.96. The maximum atomic E-state index is 10.8. The van der Waals surface area contributed by atoms with Gasteiger partial charge in [0.25, 0.3) is 5.91 Å². The number of hydrogen-bond donors (Lipinski definition) is 2. The van der Waals surface area contributed by atoms with Gasteiger partial charge in [-0.1, -0.05) is 6.07 Å². The fourth-order valence-corrected chi connectivity index (χ4v) is 1.15. The molecule has 3 heteroatoms. The van der Waals surface area contributed by atoms with Crippen molar-refractivity contribution in [2.24, 2.45) is 5.73 Å². The van der Waals surface area contributed by atoms with Gasteiger partial charge in [0.2, 0.25) is 0 Å². The fourth-order valence-electron chi connectivity index (χ4n) is 1.15. The topological polar surface area (TPSA) is 63.3 Å². The van der Waals surface area contributed by atoms with Crippen LogP contribution in [0.15, 0.2) is 12.1 Å². The Bertz CT molecular complexity index is 332. The van der Waals surface area contributed by atoms with Crippen molar-refractivity contribution >= 4 is 5.91 Å². The molecular weight excluding hydrogens is 154 g/mol. The standard InChI is InChI=1S/C9H11NO2/c1-5-3-6(2)8(11)7(4-5)9(10)12/h3-4,11H,1-2H3,(H2,10,12). The summed E-state index contributed by atoms with van der Waals surface area (Å²) < 4.78 is 0. The Balaban J connectivity index is 3.37. The maximum Gasteiger partial charge on any atom is 0.252 e. The van der Waals surface area contributed by atoms with Crippen molar-refractivity contribution in [1.29, 1.82) is 0 Å². The van der Waals surface area contributed by atoms with Gasteiger partial charge in [-0.05, 0) is 31.0 Å². The van der Waals surface area contributed by atoms with Gasteiger partial charge in [0.1, 0.15) is 5.75 Å². The first-order valence-corrected chi connectivity index (χ1v) is 3.62. The number of carbonyl (C=O) groups is 1. The number of amides is 1. The molecule has 3 N–H and O–H groups in total. The van der Waals surface area contributed by atoms with Crippen molar-refractivity contribution in [1.82, 2.24) is 0 Å². The predicted molar refractivity (Wildman–Crippen MR) is 46.1 cm³/mol. The molecule has 0 radical (unpaired) electrons. The molecule has 3 nitrogen and oxygen atoms in total. The third kappa shape index (κ3) is 1.39. The molecule has 0 atom stereocenters. The first-order valence-electron chi connectivity index (χ1n) is 3.62. The number of primary amides is 1. The second-order valence-electron chi connectivity index (χ2n) is 2.84. The average Bonchev–Trinajstić information content (AvgIpc) is 1.96. The molecule has 0 heterocycles. The Hall–Kier alpha value is -1.51. The van der Waals surface area contributed by atoms with Crippen LogP contribution >= 0.6 is 0 Å². The lowest BCUT2D eigenvalue weighted by atomic mass is 10.1. The second kappa shape index (κ2) is 2.85. The molecule has 1 aromatic carbocycles. The lowest BCUT2D eigenvalue weighted by molar-refractivity contribution is 0.0997. The predicted octanol–water partition coefficient (Wildman–Crippen LogP) is 1.11. The van der Waals surface area contributed by atoms with Crippen molar-refractivity contribution in [3.63, 3.8) is 0 Å². The Kier molecular flexibility index (Phi) is 2.04. The molecule has 64 valence electrons. The van der Waals surface area contributed by atoms with E-state index in [0.29, 0.717) is 5.56 Å². The third-order valence-corrected chi connectivity index (χ3v) is 1.71. The Morgan fingerprint density at radius 2 is 2.00 bits per heavy atom. The van der Waals surface area contributed by atoms with E-state index in [1.807, 2.05) is 6.92 Å². The van der Waals surface area contributed by atoms with Crippen LogP contribution in [0.1, 0.15) is 21.5 Å². The SMILES string of the molecule is Cc1cc(C)c(O)c(C(N)=O)c1. The van der Waals surface area contributed by atoms with E-state index >= 15 is 0 Å². The van der Waals surface area contributed by atoms with Crippen LogP contribution in [0.25, 0.3) is 0 Å². The lowest BCUT2D eigenvalue weighted by Gasteiger charge is -2.04. The summed E-state index contributed by atoms with van der Waals surface area (Å²) in [6.45, 7) is 3.58. The summed E-state index contributed by atoms with van der Waals surface area (Å²) in [4.78, 5) is 10.8. The Labute approximate surface area is 70.8 Å². The summed E-state index contributed by atoms with van der Waals surface area (Å²) in [6.07, 6.45) is 0. The van der Waals surface area contributed by atoms with E-state index in [4.69, 9.17) is 5.73 Å². The Morgan fingerprint density at radius 3 is 2.50 bits per heavy atom. The van der Waals surface area contributed by atoms with Crippen LogP contribution < -0.4 is 5.73 Å². The molecule has 0 unspecified atom stereocenters. The summed E-state index contributed by atoms with van der Waals surface area (Å²) in [7, 11) is 0. The van der Waals surface area contributed by atoms with Crippen LogP contribution in [-0.2, 0) is 0 Å². The van der Waals surface area contributed by atoms with Crippen LogP contribution in [0, 0.1) is 13.8 Å². The summed E-state index contributed by atoms with van der Waals surface area (Å²) in [6, 6.07) is 3.37. The van der Waals surface area contributed by atoms with Crippen molar-refractivity contribution in [2.75, 3.05) is 0 Å². The average molecular weight is 165 g/mol. The van der Waals surface area contributed by atoms with E-state index in [1.54, 1.807) is 19.1 Å². The van der Waals surface area contributed by atoms with E-state index in [2.05, 4.69) is 0 Å².